The van der Waals surface area contributed by atoms with Crippen LogP contribution in [-0.2, 0) is 9.57 Å². The molecule has 144 valence electrons. The fourth-order valence-electron chi connectivity index (χ4n) is 2.57. The molecule has 1 aliphatic rings. The summed E-state index contributed by atoms with van der Waals surface area (Å²) in [6.07, 6.45) is 1.93. The summed E-state index contributed by atoms with van der Waals surface area (Å²) in [5.74, 6) is -3.01. The third-order valence-electron chi connectivity index (χ3n) is 3.95. The van der Waals surface area contributed by atoms with Crippen LogP contribution in [0.25, 0.3) is 0 Å². The van der Waals surface area contributed by atoms with E-state index in [4.69, 9.17) is 21.2 Å². The molecule has 0 bridgehead atoms. The fraction of sp³-hybridized carbons (Fsp3) is 0.278. The van der Waals surface area contributed by atoms with Crippen LogP contribution in [0.15, 0.2) is 30.3 Å². The predicted octanol–water partition coefficient (Wildman–Crippen LogP) is 5.15. The quantitative estimate of drug-likeness (QED) is 0.433. The van der Waals surface area contributed by atoms with Gasteiger partial charge in [0.25, 0.3) is 5.91 Å². The number of carbonyl (C=O) groups is 1. The predicted molar refractivity (Wildman–Crippen MR) is 106 cm³/mol. The fourth-order valence-corrected chi connectivity index (χ4v) is 3.47. The Morgan fingerprint density at radius 3 is 2.78 bits per heavy atom. The van der Waals surface area contributed by atoms with Gasteiger partial charge >= 0.3 is 0 Å². The molecule has 1 amide bonds. The maximum atomic E-state index is 14.4. The van der Waals surface area contributed by atoms with E-state index in [1.807, 2.05) is 0 Å². The first-order valence-electron chi connectivity index (χ1n) is 8.23. The summed E-state index contributed by atoms with van der Waals surface area (Å²) >= 11 is 8.22. The van der Waals surface area contributed by atoms with Gasteiger partial charge in [0.1, 0.15) is 0 Å². The average Bonchev–Trinajstić information content (AvgIpc) is 2.66. The van der Waals surface area contributed by atoms with Crippen LogP contribution in [0, 0.1) is 15.2 Å². The summed E-state index contributed by atoms with van der Waals surface area (Å²) in [4.78, 5) is 17.7. The van der Waals surface area contributed by atoms with Crippen molar-refractivity contribution in [3.8, 4) is 0 Å². The lowest BCUT2D eigenvalue weighted by Gasteiger charge is -2.22. The van der Waals surface area contributed by atoms with E-state index >= 15 is 0 Å². The van der Waals surface area contributed by atoms with Gasteiger partial charge in [-0.05, 0) is 65.8 Å². The zero-order valence-electron chi connectivity index (χ0n) is 14.0. The van der Waals surface area contributed by atoms with Crippen molar-refractivity contribution in [2.75, 3.05) is 11.9 Å². The Hall–Kier alpha value is -1.49. The second-order valence-corrected chi connectivity index (χ2v) is 7.53. The van der Waals surface area contributed by atoms with E-state index in [2.05, 4.69) is 33.4 Å². The SMILES string of the molecule is O=C(NOC1CCCCO1)c1ccc(F)c(F)c1Nc1ccc(I)cc1Cl. The van der Waals surface area contributed by atoms with E-state index < -0.39 is 23.8 Å². The van der Waals surface area contributed by atoms with Gasteiger partial charge in [0.15, 0.2) is 17.9 Å². The molecule has 5 nitrogen and oxygen atoms in total. The van der Waals surface area contributed by atoms with Crippen LogP contribution < -0.4 is 10.8 Å². The van der Waals surface area contributed by atoms with Crippen LogP contribution in [0.1, 0.15) is 29.6 Å². The Labute approximate surface area is 173 Å². The molecule has 0 aromatic heterocycles. The molecule has 1 heterocycles. The summed E-state index contributed by atoms with van der Waals surface area (Å²) in [7, 11) is 0. The molecule has 3 rings (SSSR count). The third-order valence-corrected chi connectivity index (χ3v) is 4.93. The highest BCUT2D eigenvalue weighted by molar-refractivity contribution is 14.1. The summed E-state index contributed by atoms with van der Waals surface area (Å²) in [5.41, 5.74) is 2.12. The Balaban J connectivity index is 1.82. The van der Waals surface area contributed by atoms with Crippen molar-refractivity contribution in [3.63, 3.8) is 0 Å². The molecule has 1 aliphatic heterocycles. The van der Waals surface area contributed by atoms with Crippen molar-refractivity contribution in [3.05, 3.63) is 56.1 Å². The number of anilines is 2. The first-order valence-corrected chi connectivity index (χ1v) is 9.69. The number of carbonyl (C=O) groups excluding carboxylic acids is 1. The molecule has 2 aromatic rings. The highest BCUT2D eigenvalue weighted by Gasteiger charge is 2.22. The van der Waals surface area contributed by atoms with Crippen LogP contribution >= 0.6 is 34.2 Å². The molecule has 0 aliphatic carbocycles. The van der Waals surface area contributed by atoms with Crippen LogP contribution in [0.3, 0.4) is 0 Å². The van der Waals surface area contributed by atoms with Gasteiger partial charge in [0.05, 0.1) is 22.0 Å². The van der Waals surface area contributed by atoms with Gasteiger partial charge in [0, 0.05) is 16.6 Å². The zero-order valence-corrected chi connectivity index (χ0v) is 16.9. The van der Waals surface area contributed by atoms with Crippen molar-refractivity contribution in [1.29, 1.82) is 0 Å². The summed E-state index contributed by atoms with van der Waals surface area (Å²) in [5, 5.41) is 3.01. The molecule has 0 spiro atoms. The van der Waals surface area contributed by atoms with E-state index in [1.165, 1.54) is 6.07 Å². The average molecular weight is 509 g/mol. The lowest BCUT2D eigenvalue weighted by molar-refractivity contribution is -0.186. The summed E-state index contributed by atoms with van der Waals surface area (Å²) in [6.45, 7) is 0.545. The van der Waals surface area contributed by atoms with Gasteiger partial charge in [-0.3, -0.25) is 4.79 Å². The van der Waals surface area contributed by atoms with Crippen molar-refractivity contribution in [1.82, 2.24) is 5.48 Å². The molecule has 1 unspecified atom stereocenters. The van der Waals surface area contributed by atoms with E-state index in [-0.39, 0.29) is 11.3 Å². The number of hydrogen-bond acceptors (Lipinski definition) is 4. The minimum Gasteiger partial charge on any atom is -0.351 e. The number of halogens is 4. The van der Waals surface area contributed by atoms with Gasteiger partial charge in [-0.2, -0.15) is 0 Å². The van der Waals surface area contributed by atoms with Crippen molar-refractivity contribution in [2.24, 2.45) is 0 Å². The molecule has 2 N–H and O–H groups in total. The second-order valence-electron chi connectivity index (χ2n) is 5.88. The molecule has 2 aromatic carbocycles. The van der Waals surface area contributed by atoms with E-state index in [0.717, 1.165) is 22.5 Å². The molecule has 27 heavy (non-hydrogen) atoms. The molecular weight excluding hydrogens is 493 g/mol. The Bertz CT molecular complexity index is 848. The van der Waals surface area contributed by atoms with Crippen LogP contribution in [0.2, 0.25) is 5.02 Å². The molecule has 1 atom stereocenters. The number of hydrogen-bond donors (Lipinski definition) is 2. The maximum Gasteiger partial charge on any atom is 0.277 e. The van der Waals surface area contributed by atoms with Crippen molar-refractivity contribution >= 4 is 51.5 Å². The highest BCUT2D eigenvalue weighted by Crippen LogP contribution is 2.31. The lowest BCUT2D eigenvalue weighted by atomic mass is 10.1. The number of nitrogens with one attached hydrogen (secondary N) is 2. The van der Waals surface area contributed by atoms with Gasteiger partial charge in [0.2, 0.25) is 0 Å². The van der Waals surface area contributed by atoms with Crippen LogP contribution in [-0.4, -0.2) is 18.8 Å². The van der Waals surface area contributed by atoms with Gasteiger partial charge < -0.3 is 10.1 Å². The Morgan fingerprint density at radius 1 is 1.26 bits per heavy atom. The zero-order chi connectivity index (χ0) is 19.4. The molecular formula is C18H16ClF2IN2O3. The maximum absolute atomic E-state index is 14.4. The first-order chi connectivity index (χ1) is 13.0. The van der Waals surface area contributed by atoms with Gasteiger partial charge in [-0.15, -0.1) is 0 Å². The van der Waals surface area contributed by atoms with Gasteiger partial charge in [-0.1, -0.05) is 11.6 Å². The molecule has 1 fully saturated rings. The van der Waals surface area contributed by atoms with E-state index in [9.17, 15) is 13.6 Å². The number of amides is 1. The molecule has 0 radical (unpaired) electrons. The van der Waals surface area contributed by atoms with Gasteiger partial charge in [-0.25, -0.2) is 19.1 Å². The standard InChI is InChI=1S/C18H16ClF2IN2O3/c19-12-9-10(22)4-7-14(12)23-17-11(5-6-13(20)16(17)21)18(25)24-27-15-3-1-2-8-26-15/h4-7,9,15,23H,1-3,8H2,(H,24,25). The summed E-state index contributed by atoms with van der Waals surface area (Å²) in [6, 6.07) is 7.06. The minimum atomic E-state index is -1.19. The van der Waals surface area contributed by atoms with Crippen LogP contribution in [0.5, 0.6) is 0 Å². The lowest BCUT2D eigenvalue weighted by Crippen LogP contribution is -2.33. The topological polar surface area (TPSA) is 59.6 Å². The van der Waals surface area contributed by atoms with Crippen molar-refractivity contribution in [2.45, 2.75) is 25.6 Å². The number of ether oxygens (including phenoxy) is 1. The third kappa shape index (κ3) is 5.07. The molecule has 1 saturated heterocycles. The highest BCUT2D eigenvalue weighted by atomic mass is 127. The number of hydroxylamine groups is 1. The second kappa shape index (κ2) is 9.13. The first kappa shape index (κ1) is 20.2. The Kier molecular flexibility index (Phi) is 6.85. The molecule has 0 saturated carbocycles. The van der Waals surface area contributed by atoms with Crippen molar-refractivity contribution < 1.29 is 23.1 Å². The normalized spacial score (nSPS) is 16.8. The molecule has 9 heteroatoms. The largest absolute Gasteiger partial charge is 0.351 e. The monoisotopic (exact) mass is 508 g/mol. The minimum absolute atomic E-state index is 0.126. The summed E-state index contributed by atoms with van der Waals surface area (Å²) < 4.78 is 34.4. The Morgan fingerprint density at radius 2 is 2.07 bits per heavy atom. The number of benzene rings is 2. The van der Waals surface area contributed by atoms with Crippen LogP contribution in [0.4, 0.5) is 20.2 Å². The smallest absolute Gasteiger partial charge is 0.277 e. The van der Waals surface area contributed by atoms with E-state index in [1.54, 1.807) is 18.2 Å². The van der Waals surface area contributed by atoms with E-state index in [0.29, 0.717) is 23.7 Å². The number of rotatable bonds is 5.